The van der Waals surface area contributed by atoms with E-state index in [1.165, 1.54) is 6.07 Å². The van der Waals surface area contributed by atoms with E-state index in [9.17, 15) is 4.39 Å². The molecule has 0 aliphatic carbocycles. The summed E-state index contributed by atoms with van der Waals surface area (Å²) in [4.78, 5) is 4.29. The number of halogens is 2. The first-order chi connectivity index (χ1) is 9.01. The van der Waals surface area contributed by atoms with E-state index in [1.54, 1.807) is 25.1 Å². The van der Waals surface area contributed by atoms with Crippen LogP contribution in [0.5, 0.6) is 0 Å². The highest BCUT2D eigenvalue weighted by molar-refractivity contribution is 9.10. The van der Waals surface area contributed by atoms with Gasteiger partial charge in [-0.1, -0.05) is 0 Å². The fourth-order valence-corrected chi connectivity index (χ4v) is 1.99. The maximum absolute atomic E-state index is 13.4. The number of rotatable bonds is 2. The minimum Gasteiger partial charge on any atom is -0.339 e. The van der Waals surface area contributed by atoms with Crippen molar-refractivity contribution < 1.29 is 4.39 Å². The molecule has 0 aliphatic rings. The van der Waals surface area contributed by atoms with Gasteiger partial charge in [0.25, 0.3) is 0 Å². The molecule has 19 heavy (non-hydrogen) atoms. The van der Waals surface area contributed by atoms with Crippen molar-refractivity contribution in [2.75, 3.05) is 5.32 Å². The number of nitrogens with zero attached hydrogens (tertiary/aromatic N) is 2. The Balaban J connectivity index is 2.45. The van der Waals surface area contributed by atoms with Gasteiger partial charge in [0.1, 0.15) is 17.7 Å². The minimum absolute atomic E-state index is 0.319. The molecule has 0 spiro atoms. The fraction of sp³-hybridized carbons (Fsp3) is 0.143. The molecule has 2 aromatic rings. The summed E-state index contributed by atoms with van der Waals surface area (Å²) < 4.78 is 13.7. The largest absolute Gasteiger partial charge is 0.339 e. The quantitative estimate of drug-likeness (QED) is 0.901. The molecule has 0 bridgehead atoms. The molecule has 0 saturated carbocycles. The second kappa shape index (κ2) is 5.37. The third-order valence-corrected chi connectivity index (χ3v) is 3.28. The molecular weight excluding hydrogens is 309 g/mol. The molecule has 96 valence electrons. The average molecular weight is 320 g/mol. The van der Waals surface area contributed by atoms with E-state index in [0.29, 0.717) is 21.5 Å². The van der Waals surface area contributed by atoms with Gasteiger partial charge in [-0.05, 0) is 59.6 Å². The number of aromatic nitrogens is 1. The van der Waals surface area contributed by atoms with E-state index in [-0.39, 0.29) is 5.82 Å². The van der Waals surface area contributed by atoms with Crippen LogP contribution in [0.3, 0.4) is 0 Å². The molecule has 1 heterocycles. The molecule has 3 nitrogen and oxygen atoms in total. The van der Waals surface area contributed by atoms with Crippen LogP contribution >= 0.6 is 15.9 Å². The summed E-state index contributed by atoms with van der Waals surface area (Å²) in [7, 11) is 0. The van der Waals surface area contributed by atoms with Gasteiger partial charge >= 0.3 is 0 Å². The monoisotopic (exact) mass is 319 g/mol. The first kappa shape index (κ1) is 13.5. The summed E-state index contributed by atoms with van der Waals surface area (Å²) in [5.74, 6) is 0.157. The van der Waals surface area contributed by atoms with E-state index in [4.69, 9.17) is 5.26 Å². The van der Waals surface area contributed by atoms with Crippen molar-refractivity contribution in [2.24, 2.45) is 0 Å². The lowest BCUT2D eigenvalue weighted by molar-refractivity contribution is 0.620. The van der Waals surface area contributed by atoms with E-state index in [1.807, 2.05) is 6.92 Å². The van der Waals surface area contributed by atoms with E-state index in [0.717, 1.165) is 11.3 Å². The van der Waals surface area contributed by atoms with Crippen molar-refractivity contribution in [1.29, 1.82) is 5.26 Å². The summed E-state index contributed by atoms with van der Waals surface area (Å²) in [6.07, 6.45) is 0. The topological polar surface area (TPSA) is 48.7 Å². The third kappa shape index (κ3) is 2.91. The van der Waals surface area contributed by atoms with Crippen LogP contribution in [0.2, 0.25) is 0 Å². The summed E-state index contributed by atoms with van der Waals surface area (Å²) in [5.41, 5.74) is 2.71. The van der Waals surface area contributed by atoms with Crippen molar-refractivity contribution in [2.45, 2.75) is 13.8 Å². The highest BCUT2D eigenvalue weighted by atomic mass is 79.9. The van der Waals surface area contributed by atoms with Crippen LogP contribution < -0.4 is 5.32 Å². The lowest BCUT2D eigenvalue weighted by Crippen LogP contribution is -2.00. The van der Waals surface area contributed by atoms with Gasteiger partial charge in [0, 0.05) is 11.4 Å². The van der Waals surface area contributed by atoms with Gasteiger partial charge in [-0.15, -0.1) is 0 Å². The molecule has 2 rings (SSSR count). The van der Waals surface area contributed by atoms with E-state index < -0.39 is 0 Å². The van der Waals surface area contributed by atoms with Gasteiger partial charge < -0.3 is 5.32 Å². The van der Waals surface area contributed by atoms with Crippen LogP contribution in [-0.4, -0.2) is 4.98 Å². The molecule has 5 heteroatoms. The summed E-state index contributed by atoms with van der Waals surface area (Å²) in [5, 5.41) is 12.1. The third-order valence-electron chi connectivity index (χ3n) is 2.68. The smallest absolute Gasteiger partial charge is 0.148 e. The normalized spacial score (nSPS) is 10.1. The van der Waals surface area contributed by atoms with Crippen molar-refractivity contribution in [3.63, 3.8) is 0 Å². The summed E-state index contributed by atoms with van der Waals surface area (Å²) >= 11 is 3.14. The molecule has 0 radical (unpaired) electrons. The molecule has 0 amide bonds. The molecule has 0 atom stereocenters. The Morgan fingerprint density at radius 1 is 1.32 bits per heavy atom. The predicted molar refractivity (Wildman–Crippen MR) is 75.8 cm³/mol. The Hall–Kier alpha value is -1.93. The van der Waals surface area contributed by atoms with E-state index >= 15 is 0 Å². The van der Waals surface area contributed by atoms with Crippen LogP contribution in [0.15, 0.2) is 28.7 Å². The lowest BCUT2D eigenvalue weighted by Gasteiger charge is -2.11. The number of hydrogen-bond acceptors (Lipinski definition) is 3. The first-order valence-corrected chi connectivity index (χ1v) is 6.41. The van der Waals surface area contributed by atoms with Gasteiger partial charge in [0.15, 0.2) is 0 Å². The lowest BCUT2D eigenvalue weighted by atomic mass is 10.2. The SMILES string of the molecule is Cc1ccc(C#N)c(Nc2cc(Br)c(F)cc2C)n1. The Labute approximate surface area is 119 Å². The Morgan fingerprint density at radius 3 is 2.74 bits per heavy atom. The maximum Gasteiger partial charge on any atom is 0.148 e. The molecule has 0 fully saturated rings. The predicted octanol–water partition coefficient (Wildman–Crippen LogP) is 4.22. The Bertz CT molecular complexity index is 677. The van der Waals surface area contributed by atoms with Gasteiger partial charge in [-0.3, -0.25) is 0 Å². The standard InChI is InChI=1S/C14H11BrFN3/c1-8-5-12(16)11(15)6-13(8)19-14-10(7-17)4-3-9(2)18-14/h3-6H,1-2H3,(H,18,19). The average Bonchev–Trinajstić information content (AvgIpc) is 2.36. The van der Waals surface area contributed by atoms with Crippen LogP contribution in [0.25, 0.3) is 0 Å². The molecule has 0 saturated heterocycles. The zero-order chi connectivity index (χ0) is 14.0. The van der Waals surface area contributed by atoms with Gasteiger partial charge in [-0.2, -0.15) is 5.26 Å². The van der Waals surface area contributed by atoms with Gasteiger partial charge in [0.05, 0.1) is 10.0 Å². The molecule has 1 aromatic heterocycles. The van der Waals surface area contributed by atoms with Crippen LogP contribution in [0.4, 0.5) is 15.9 Å². The molecule has 1 aromatic carbocycles. The van der Waals surface area contributed by atoms with Crippen molar-refractivity contribution in [3.8, 4) is 6.07 Å². The molecule has 0 unspecified atom stereocenters. The minimum atomic E-state index is -0.319. The van der Waals surface area contributed by atoms with E-state index in [2.05, 4.69) is 32.3 Å². The molecule has 0 aliphatic heterocycles. The Morgan fingerprint density at radius 2 is 2.05 bits per heavy atom. The summed E-state index contributed by atoms with van der Waals surface area (Å²) in [6, 6.07) is 8.62. The zero-order valence-corrected chi connectivity index (χ0v) is 12.0. The number of anilines is 2. The second-order valence-corrected chi connectivity index (χ2v) is 5.02. The maximum atomic E-state index is 13.4. The highest BCUT2D eigenvalue weighted by Gasteiger charge is 2.09. The number of nitriles is 1. The zero-order valence-electron chi connectivity index (χ0n) is 10.5. The van der Waals surface area contributed by atoms with Crippen LogP contribution in [-0.2, 0) is 0 Å². The van der Waals surface area contributed by atoms with Crippen LogP contribution in [0, 0.1) is 31.0 Å². The number of hydrogen-bond donors (Lipinski definition) is 1. The van der Waals surface area contributed by atoms with Crippen molar-refractivity contribution in [3.05, 3.63) is 51.4 Å². The number of pyridine rings is 1. The fourth-order valence-electron chi connectivity index (χ4n) is 1.65. The van der Waals surface area contributed by atoms with Crippen molar-refractivity contribution in [1.82, 2.24) is 4.98 Å². The second-order valence-electron chi connectivity index (χ2n) is 4.17. The summed E-state index contributed by atoms with van der Waals surface area (Å²) in [6.45, 7) is 3.64. The van der Waals surface area contributed by atoms with Gasteiger partial charge in [-0.25, -0.2) is 9.37 Å². The molecule has 1 N–H and O–H groups in total. The number of aryl methyl sites for hydroxylation is 2. The Kier molecular flexibility index (Phi) is 3.82. The first-order valence-electron chi connectivity index (χ1n) is 5.61. The number of nitrogens with one attached hydrogen (secondary N) is 1. The number of benzene rings is 1. The van der Waals surface area contributed by atoms with Crippen LogP contribution in [0.1, 0.15) is 16.8 Å². The van der Waals surface area contributed by atoms with Crippen molar-refractivity contribution >= 4 is 27.4 Å². The van der Waals surface area contributed by atoms with Gasteiger partial charge in [0.2, 0.25) is 0 Å². The highest BCUT2D eigenvalue weighted by Crippen LogP contribution is 2.27. The molecular formula is C14H11BrFN3.